The van der Waals surface area contributed by atoms with Crippen LogP contribution in [-0.4, -0.2) is 23.1 Å². The fourth-order valence-electron chi connectivity index (χ4n) is 1.61. The Morgan fingerprint density at radius 2 is 1.78 bits per heavy atom. The van der Waals surface area contributed by atoms with Crippen LogP contribution in [0.4, 0.5) is 11.6 Å². The maximum absolute atomic E-state index is 5.86. The molecule has 4 nitrogen and oxygen atoms in total. The van der Waals surface area contributed by atoms with Crippen molar-refractivity contribution in [1.29, 1.82) is 0 Å². The van der Waals surface area contributed by atoms with Crippen LogP contribution in [0.3, 0.4) is 0 Å². The predicted octanol–water partition coefficient (Wildman–Crippen LogP) is 2.57. The van der Waals surface area contributed by atoms with Crippen LogP contribution in [0.2, 0.25) is 0 Å². The first-order valence-electron chi connectivity index (χ1n) is 6.00. The van der Waals surface area contributed by atoms with E-state index in [0.29, 0.717) is 17.7 Å². The van der Waals surface area contributed by atoms with E-state index in [1.54, 1.807) is 6.07 Å². The zero-order valence-electron chi connectivity index (χ0n) is 11.0. The molecule has 2 N–H and O–H groups in total. The molecule has 0 aliphatic heterocycles. The molecule has 0 aliphatic rings. The smallest absolute Gasteiger partial charge is 0.163 e. The maximum atomic E-state index is 5.86. The summed E-state index contributed by atoms with van der Waals surface area (Å²) in [4.78, 5) is 10.9. The van der Waals surface area contributed by atoms with Crippen molar-refractivity contribution < 1.29 is 0 Å². The summed E-state index contributed by atoms with van der Waals surface area (Å²) in [5.74, 6) is 2.00. The summed E-state index contributed by atoms with van der Waals surface area (Å²) in [6.07, 6.45) is 0. The first kappa shape index (κ1) is 12.4. The molecule has 4 heteroatoms. The fraction of sp³-hybridized carbons (Fsp3) is 0.286. The molecule has 94 valence electrons. The van der Waals surface area contributed by atoms with Crippen molar-refractivity contribution in [2.45, 2.75) is 19.9 Å². The van der Waals surface area contributed by atoms with E-state index in [1.807, 2.05) is 37.4 Å². The summed E-state index contributed by atoms with van der Waals surface area (Å²) >= 11 is 0. The molecule has 1 aromatic carbocycles. The minimum absolute atomic E-state index is 0.364. The van der Waals surface area contributed by atoms with Gasteiger partial charge in [0.2, 0.25) is 0 Å². The van der Waals surface area contributed by atoms with E-state index in [-0.39, 0.29) is 0 Å². The van der Waals surface area contributed by atoms with Gasteiger partial charge in [-0.25, -0.2) is 9.97 Å². The summed E-state index contributed by atoms with van der Waals surface area (Å²) in [5.41, 5.74) is 6.83. The second-order valence-corrected chi connectivity index (χ2v) is 4.55. The highest BCUT2D eigenvalue weighted by Gasteiger charge is 2.10. The Bertz CT molecular complexity index is 523. The number of aromatic nitrogens is 2. The SMILES string of the molecule is CC(C)N(C)c1cc(N)nc(-c2ccccc2)n1. The van der Waals surface area contributed by atoms with Crippen LogP contribution in [-0.2, 0) is 0 Å². The lowest BCUT2D eigenvalue weighted by Gasteiger charge is -2.23. The molecule has 1 heterocycles. The largest absolute Gasteiger partial charge is 0.384 e. The van der Waals surface area contributed by atoms with Crippen molar-refractivity contribution in [2.24, 2.45) is 0 Å². The number of benzene rings is 1. The van der Waals surface area contributed by atoms with Crippen LogP contribution in [0.5, 0.6) is 0 Å². The first-order valence-corrected chi connectivity index (χ1v) is 6.00. The zero-order valence-corrected chi connectivity index (χ0v) is 11.0. The third kappa shape index (κ3) is 2.59. The number of hydrogen-bond donors (Lipinski definition) is 1. The summed E-state index contributed by atoms with van der Waals surface area (Å²) < 4.78 is 0. The van der Waals surface area contributed by atoms with E-state index in [1.165, 1.54) is 0 Å². The molecule has 0 amide bonds. The van der Waals surface area contributed by atoms with Gasteiger partial charge in [-0.1, -0.05) is 30.3 Å². The van der Waals surface area contributed by atoms with E-state index < -0.39 is 0 Å². The highest BCUT2D eigenvalue weighted by Crippen LogP contribution is 2.21. The molecule has 0 atom stereocenters. The van der Waals surface area contributed by atoms with Gasteiger partial charge >= 0.3 is 0 Å². The molecule has 18 heavy (non-hydrogen) atoms. The Morgan fingerprint density at radius 1 is 1.11 bits per heavy atom. The number of anilines is 2. The fourth-order valence-corrected chi connectivity index (χ4v) is 1.61. The average molecular weight is 242 g/mol. The van der Waals surface area contributed by atoms with E-state index >= 15 is 0 Å². The van der Waals surface area contributed by atoms with Gasteiger partial charge < -0.3 is 10.6 Å². The third-order valence-electron chi connectivity index (χ3n) is 2.90. The van der Waals surface area contributed by atoms with Crippen LogP contribution in [0.25, 0.3) is 11.4 Å². The Morgan fingerprint density at radius 3 is 2.39 bits per heavy atom. The third-order valence-corrected chi connectivity index (χ3v) is 2.90. The van der Waals surface area contributed by atoms with Crippen LogP contribution < -0.4 is 10.6 Å². The first-order chi connectivity index (χ1) is 8.58. The lowest BCUT2D eigenvalue weighted by Crippen LogP contribution is -2.26. The van der Waals surface area contributed by atoms with Crippen molar-refractivity contribution in [3.8, 4) is 11.4 Å². The van der Waals surface area contributed by atoms with Gasteiger partial charge in [-0.15, -0.1) is 0 Å². The molecule has 2 aromatic rings. The normalized spacial score (nSPS) is 10.7. The molecule has 0 aliphatic carbocycles. The second-order valence-electron chi connectivity index (χ2n) is 4.55. The summed E-state index contributed by atoms with van der Waals surface area (Å²) in [7, 11) is 2.00. The van der Waals surface area contributed by atoms with Crippen LogP contribution >= 0.6 is 0 Å². The van der Waals surface area contributed by atoms with Gasteiger partial charge in [0.15, 0.2) is 5.82 Å². The quantitative estimate of drug-likeness (QED) is 0.898. The van der Waals surface area contributed by atoms with Crippen molar-refractivity contribution >= 4 is 11.6 Å². The predicted molar refractivity (Wildman–Crippen MR) is 75.4 cm³/mol. The van der Waals surface area contributed by atoms with Crippen LogP contribution in [0, 0.1) is 0 Å². The summed E-state index contributed by atoms with van der Waals surface area (Å²) in [5, 5.41) is 0. The molecular weight excluding hydrogens is 224 g/mol. The van der Waals surface area contributed by atoms with Gasteiger partial charge in [-0.2, -0.15) is 0 Å². The summed E-state index contributed by atoms with van der Waals surface area (Å²) in [6, 6.07) is 12.0. The topological polar surface area (TPSA) is 55.0 Å². The van der Waals surface area contributed by atoms with Crippen LogP contribution in [0.15, 0.2) is 36.4 Å². The molecule has 0 radical (unpaired) electrons. The average Bonchev–Trinajstić information content (AvgIpc) is 2.38. The van der Waals surface area contributed by atoms with E-state index in [4.69, 9.17) is 5.73 Å². The van der Waals surface area contributed by atoms with Crippen LogP contribution in [0.1, 0.15) is 13.8 Å². The highest BCUT2D eigenvalue weighted by molar-refractivity contribution is 5.60. The van der Waals surface area contributed by atoms with Crippen molar-refractivity contribution in [1.82, 2.24) is 9.97 Å². The van der Waals surface area contributed by atoms with Crippen molar-refractivity contribution in [2.75, 3.05) is 17.7 Å². The molecule has 1 aromatic heterocycles. The minimum Gasteiger partial charge on any atom is -0.384 e. The van der Waals surface area contributed by atoms with Gasteiger partial charge in [0, 0.05) is 24.7 Å². The molecule has 0 saturated heterocycles. The number of hydrogen-bond acceptors (Lipinski definition) is 4. The minimum atomic E-state index is 0.364. The van der Waals surface area contributed by atoms with Gasteiger partial charge in [-0.05, 0) is 13.8 Å². The molecule has 0 unspecified atom stereocenters. The highest BCUT2D eigenvalue weighted by atomic mass is 15.2. The summed E-state index contributed by atoms with van der Waals surface area (Å²) in [6.45, 7) is 4.22. The Balaban J connectivity index is 2.45. The van der Waals surface area contributed by atoms with E-state index in [0.717, 1.165) is 11.4 Å². The number of rotatable bonds is 3. The Labute approximate surface area is 107 Å². The lowest BCUT2D eigenvalue weighted by atomic mass is 10.2. The molecule has 0 spiro atoms. The molecule has 2 rings (SSSR count). The molecule has 0 saturated carbocycles. The number of nitrogens with two attached hydrogens (primary N) is 1. The van der Waals surface area contributed by atoms with Gasteiger partial charge in [0.1, 0.15) is 11.6 Å². The standard InChI is InChI=1S/C14H18N4/c1-10(2)18(3)13-9-12(15)16-14(17-13)11-7-5-4-6-8-11/h4-10H,1-3H3,(H2,15,16,17). The van der Waals surface area contributed by atoms with Gasteiger partial charge in [0.05, 0.1) is 0 Å². The molecule has 0 fully saturated rings. The Kier molecular flexibility index (Phi) is 3.46. The van der Waals surface area contributed by atoms with Gasteiger partial charge in [0.25, 0.3) is 0 Å². The van der Waals surface area contributed by atoms with E-state index in [2.05, 4.69) is 28.7 Å². The Hall–Kier alpha value is -2.10. The monoisotopic (exact) mass is 242 g/mol. The second kappa shape index (κ2) is 5.04. The van der Waals surface area contributed by atoms with Crippen molar-refractivity contribution in [3.05, 3.63) is 36.4 Å². The molecule has 0 bridgehead atoms. The number of nitrogens with zero attached hydrogens (tertiary/aromatic N) is 3. The maximum Gasteiger partial charge on any atom is 0.163 e. The number of nitrogen functional groups attached to an aromatic ring is 1. The molecular formula is C14H18N4. The van der Waals surface area contributed by atoms with Gasteiger partial charge in [-0.3, -0.25) is 0 Å². The van der Waals surface area contributed by atoms with E-state index in [9.17, 15) is 0 Å². The lowest BCUT2D eigenvalue weighted by molar-refractivity contribution is 0.742. The van der Waals surface area contributed by atoms with Crippen molar-refractivity contribution in [3.63, 3.8) is 0 Å². The zero-order chi connectivity index (χ0) is 13.1.